The molecule has 0 atom stereocenters. The number of halogens is 1. The van der Waals surface area contributed by atoms with E-state index in [1.54, 1.807) is 0 Å². The Bertz CT molecular complexity index is 425. The molecular formula is C13H13IN2. The maximum atomic E-state index is 4.00. The van der Waals surface area contributed by atoms with Gasteiger partial charge in [-0.3, -0.25) is 4.98 Å². The second-order valence-electron chi connectivity index (χ2n) is 3.54. The fraction of sp³-hybridized carbons (Fsp3) is 0.154. The smallest absolute Gasteiger partial charge is 0.0340 e. The van der Waals surface area contributed by atoms with Crippen molar-refractivity contribution in [3.63, 3.8) is 0 Å². The summed E-state index contributed by atoms with van der Waals surface area (Å²) < 4.78 is 1.26. The summed E-state index contributed by atoms with van der Waals surface area (Å²) in [4.78, 5) is 4.00. The molecule has 0 fully saturated rings. The highest BCUT2D eigenvalue weighted by molar-refractivity contribution is 14.1. The Labute approximate surface area is 109 Å². The van der Waals surface area contributed by atoms with Gasteiger partial charge in [-0.1, -0.05) is 0 Å². The van der Waals surface area contributed by atoms with Gasteiger partial charge in [0.2, 0.25) is 0 Å². The normalized spacial score (nSPS) is 10.1. The van der Waals surface area contributed by atoms with Crippen molar-refractivity contribution in [2.75, 3.05) is 11.9 Å². The van der Waals surface area contributed by atoms with Gasteiger partial charge >= 0.3 is 0 Å². The SMILES string of the molecule is Ic1ccc(NCCc2ccncc2)cc1. The highest BCUT2D eigenvalue weighted by Gasteiger charge is 1.93. The van der Waals surface area contributed by atoms with Crippen molar-refractivity contribution in [3.05, 3.63) is 57.9 Å². The lowest BCUT2D eigenvalue weighted by atomic mass is 10.2. The minimum Gasteiger partial charge on any atom is -0.385 e. The van der Waals surface area contributed by atoms with Crippen LogP contribution in [-0.2, 0) is 6.42 Å². The molecule has 2 nitrogen and oxygen atoms in total. The van der Waals surface area contributed by atoms with E-state index in [9.17, 15) is 0 Å². The number of pyridine rings is 1. The molecule has 82 valence electrons. The van der Waals surface area contributed by atoms with E-state index in [-0.39, 0.29) is 0 Å². The second-order valence-corrected chi connectivity index (χ2v) is 4.78. The lowest BCUT2D eigenvalue weighted by Gasteiger charge is -2.06. The van der Waals surface area contributed by atoms with Gasteiger partial charge in [-0.05, 0) is 71.0 Å². The maximum absolute atomic E-state index is 4.00. The summed E-state index contributed by atoms with van der Waals surface area (Å²) in [6.45, 7) is 0.949. The highest BCUT2D eigenvalue weighted by Crippen LogP contribution is 2.11. The Balaban J connectivity index is 1.82. The predicted molar refractivity (Wildman–Crippen MR) is 75.6 cm³/mol. The van der Waals surface area contributed by atoms with E-state index in [0.717, 1.165) is 13.0 Å². The van der Waals surface area contributed by atoms with Gasteiger partial charge in [0, 0.05) is 28.2 Å². The Morgan fingerprint density at radius 2 is 1.69 bits per heavy atom. The number of aromatic nitrogens is 1. The molecule has 0 unspecified atom stereocenters. The Morgan fingerprint density at radius 3 is 2.38 bits per heavy atom. The van der Waals surface area contributed by atoms with Crippen molar-refractivity contribution in [1.82, 2.24) is 4.98 Å². The van der Waals surface area contributed by atoms with E-state index in [4.69, 9.17) is 0 Å². The van der Waals surface area contributed by atoms with Crippen molar-refractivity contribution in [1.29, 1.82) is 0 Å². The van der Waals surface area contributed by atoms with Crippen LogP contribution in [0.3, 0.4) is 0 Å². The highest BCUT2D eigenvalue weighted by atomic mass is 127. The van der Waals surface area contributed by atoms with Crippen LogP contribution < -0.4 is 5.32 Å². The summed E-state index contributed by atoms with van der Waals surface area (Å²) in [6, 6.07) is 12.5. The van der Waals surface area contributed by atoms with Gasteiger partial charge in [0.25, 0.3) is 0 Å². The van der Waals surface area contributed by atoms with Gasteiger partial charge < -0.3 is 5.32 Å². The molecule has 16 heavy (non-hydrogen) atoms. The standard InChI is InChI=1S/C13H13IN2/c14-12-1-3-13(4-2-12)16-10-7-11-5-8-15-9-6-11/h1-6,8-9,16H,7,10H2. The van der Waals surface area contributed by atoms with Crippen LogP contribution in [0.1, 0.15) is 5.56 Å². The van der Waals surface area contributed by atoms with Crippen LogP contribution in [-0.4, -0.2) is 11.5 Å². The molecule has 2 aromatic rings. The van der Waals surface area contributed by atoms with Gasteiger partial charge in [-0.25, -0.2) is 0 Å². The molecule has 0 radical (unpaired) electrons. The Hall–Kier alpha value is -1.10. The largest absolute Gasteiger partial charge is 0.385 e. The third-order valence-corrected chi connectivity index (χ3v) is 3.06. The molecule has 0 aliphatic heterocycles. The molecule has 2 rings (SSSR count). The molecule has 0 spiro atoms. The maximum Gasteiger partial charge on any atom is 0.0340 e. The molecule has 0 aliphatic rings. The minimum atomic E-state index is 0.949. The third kappa shape index (κ3) is 3.48. The molecule has 0 bridgehead atoms. The lowest BCUT2D eigenvalue weighted by molar-refractivity contribution is 1.01. The van der Waals surface area contributed by atoms with Crippen LogP contribution in [0.25, 0.3) is 0 Å². The van der Waals surface area contributed by atoms with Crippen LogP contribution in [0.4, 0.5) is 5.69 Å². The van der Waals surface area contributed by atoms with Crippen molar-refractivity contribution in [2.45, 2.75) is 6.42 Å². The topological polar surface area (TPSA) is 24.9 Å². The molecule has 1 aromatic heterocycles. The number of nitrogens with one attached hydrogen (secondary N) is 1. The van der Waals surface area contributed by atoms with Crippen molar-refractivity contribution < 1.29 is 0 Å². The van der Waals surface area contributed by atoms with Gasteiger partial charge in [0.1, 0.15) is 0 Å². The van der Waals surface area contributed by atoms with E-state index in [1.165, 1.54) is 14.8 Å². The first-order chi connectivity index (χ1) is 7.84. The third-order valence-electron chi connectivity index (χ3n) is 2.34. The van der Waals surface area contributed by atoms with Gasteiger partial charge in [0.15, 0.2) is 0 Å². The molecule has 1 N–H and O–H groups in total. The number of anilines is 1. The second kappa shape index (κ2) is 5.84. The molecule has 0 saturated carbocycles. The summed E-state index contributed by atoms with van der Waals surface area (Å²) in [7, 11) is 0. The van der Waals surface area contributed by atoms with E-state index >= 15 is 0 Å². The quantitative estimate of drug-likeness (QED) is 0.873. The fourth-order valence-electron chi connectivity index (χ4n) is 1.47. The Morgan fingerprint density at radius 1 is 1.00 bits per heavy atom. The van der Waals surface area contributed by atoms with E-state index in [1.807, 2.05) is 12.4 Å². The van der Waals surface area contributed by atoms with Gasteiger partial charge in [-0.2, -0.15) is 0 Å². The average molecular weight is 324 g/mol. The molecule has 1 aromatic carbocycles. The zero-order valence-corrected chi connectivity index (χ0v) is 11.0. The van der Waals surface area contributed by atoms with Crippen LogP contribution in [0.5, 0.6) is 0 Å². The summed E-state index contributed by atoms with van der Waals surface area (Å²) in [5.41, 5.74) is 2.49. The summed E-state index contributed by atoms with van der Waals surface area (Å²) in [6.07, 6.45) is 4.69. The zero-order valence-electron chi connectivity index (χ0n) is 8.86. The van der Waals surface area contributed by atoms with E-state index in [0.29, 0.717) is 0 Å². The number of nitrogens with zero attached hydrogens (tertiary/aromatic N) is 1. The Kier molecular flexibility index (Phi) is 4.16. The minimum absolute atomic E-state index is 0.949. The summed E-state index contributed by atoms with van der Waals surface area (Å²) >= 11 is 2.31. The molecular weight excluding hydrogens is 311 g/mol. The molecule has 0 amide bonds. The van der Waals surface area contributed by atoms with Gasteiger partial charge in [0.05, 0.1) is 0 Å². The van der Waals surface area contributed by atoms with Crippen molar-refractivity contribution in [3.8, 4) is 0 Å². The van der Waals surface area contributed by atoms with Crippen molar-refractivity contribution in [2.24, 2.45) is 0 Å². The molecule has 0 saturated heterocycles. The van der Waals surface area contributed by atoms with Crippen molar-refractivity contribution >= 4 is 28.3 Å². The molecule has 0 aliphatic carbocycles. The predicted octanol–water partition coefficient (Wildman–Crippen LogP) is 3.34. The molecule has 3 heteroatoms. The molecule has 1 heterocycles. The van der Waals surface area contributed by atoms with Crippen LogP contribution in [0.15, 0.2) is 48.8 Å². The first kappa shape index (κ1) is 11.4. The number of hydrogen-bond donors (Lipinski definition) is 1. The lowest BCUT2D eigenvalue weighted by Crippen LogP contribution is -2.04. The average Bonchev–Trinajstić information content (AvgIpc) is 2.33. The number of hydrogen-bond acceptors (Lipinski definition) is 2. The summed E-state index contributed by atoms with van der Waals surface area (Å²) in [5, 5.41) is 3.40. The zero-order chi connectivity index (χ0) is 11.2. The monoisotopic (exact) mass is 324 g/mol. The van der Waals surface area contributed by atoms with Gasteiger partial charge in [-0.15, -0.1) is 0 Å². The van der Waals surface area contributed by atoms with E-state index < -0.39 is 0 Å². The van der Waals surface area contributed by atoms with Crippen LogP contribution in [0, 0.1) is 3.57 Å². The summed E-state index contributed by atoms with van der Waals surface area (Å²) in [5.74, 6) is 0. The fourth-order valence-corrected chi connectivity index (χ4v) is 1.83. The van der Waals surface area contributed by atoms with Crippen LogP contribution >= 0.6 is 22.6 Å². The number of benzene rings is 1. The number of rotatable bonds is 4. The first-order valence-electron chi connectivity index (χ1n) is 5.23. The van der Waals surface area contributed by atoms with Crippen LogP contribution in [0.2, 0.25) is 0 Å². The van der Waals surface area contributed by atoms with E-state index in [2.05, 4.69) is 69.3 Å². The first-order valence-corrected chi connectivity index (χ1v) is 6.31.